The summed E-state index contributed by atoms with van der Waals surface area (Å²) >= 11 is 1.40. The van der Waals surface area contributed by atoms with Crippen LogP contribution < -0.4 is 10.6 Å². The van der Waals surface area contributed by atoms with Gasteiger partial charge in [0.1, 0.15) is 0 Å². The van der Waals surface area contributed by atoms with Crippen molar-refractivity contribution in [2.24, 2.45) is 0 Å². The van der Waals surface area contributed by atoms with Crippen LogP contribution in [0.4, 0.5) is 5.13 Å². The Bertz CT molecular complexity index is 561. The van der Waals surface area contributed by atoms with E-state index >= 15 is 0 Å². The molecule has 1 aliphatic heterocycles. The Balaban J connectivity index is 1.67. The van der Waals surface area contributed by atoms with E-state index in [1.54, 1.807) is 12.4 Å². The number of nitrogens with one attached hydrogen (secondary N) is 2. The number of amides is 1. The van der Waals surface area contributed by atoms with Crippen molar-refractivity contribution in [2.75, 3.05) is 18.4 Å². The molecular weight excluding hydrogens is 272 g/mol. The molecule has 1 aliphatic rings. The Morgan fingerprint density at radius 2 is 2.15 bits per heavy atom. The molecule has 6 heteroatoms. The Morgan fingerprint density at radius 1 is 1.30 bits per heavy atom. The standard InChI is InChI=1S/C14H16N4OS/c19-13(18-14-16-7-8-20-14)11-1-2-12(17-9-11)10-3-5-15-6-4-10/h1-2,7-10,15H,3-6H2,(H,16,18,19). The highest BCUT2D eigenvalue weighted by Gasteiger charge is 2.17. The molecule has 5 nitrogen and oxygen atoms in total. The van der Waals surface area contributed by atoms with E-state index in [0.29, 0.717) is 16.6 Å². The quantitative estimate of drug-likeness (QED) is 0.909. The van der Waals surface area contributed by atoms with E-state index < -0.39 is 0 Å². The number of hydrogen-bond acceptors (Lipinski definition) is 5. The first-order chi connectivity index (χ1) is 9.83. The van der Waals surface area contributed by atoms with Crippen LogP contribution >= 0.6 is 11.3 Å². The molecule has 1 fully saturated rings. The first-order valence-electron chi connectivity index (χ1n) is 6.70. The highest BCUT2D eigenvalue weighted by Crippen LogP contribution is 2.23. The summed E-state index contributed by atoms with van der Waals surface area (Å²) in [5, 5.41) is 8.53. The molecule has 0 aromatic carbocycles. The van der Waals surface area contributed by atoms with Gasteiger partial charge < -0.3 is 5.32 Å². The highest BCUT2D eigenvalue weighted by atomic mass is 32.1. The summed E-state index contributed by atoms with van der Waals surface area (Å²) in [7, 11) is 0. The van der Waals surface area contributed by atoms with Crippen molar-refractivity contribution in [3.05, 3.63) is 41.2 Å². The van der Waals surface area contributed by atoms with E-state index in [1.807, 2.05) is 17.5 Å². The van der Waals surface area contributed by atoms with E-state index in [9.17, 15) is 4.79 Å². The van der Waals surface area contributed by atoms with Crippen molar-refractivity contribution in [1.82, 2.24) is 15.3 Å². The minimum Gasteiger partial charge on any atom is -0.317 e. The molecule has 3 heterocycles. The van der Waals surface area contributed by atoms with Crippen LogP contribution in [0.25, 0.3) is 0 Å². The Kier molecular flexibility index (Phi) is 4.03. The monoisotopic (exact) mass is 288 g/mol. The lowest BCUT2D eigenvalue weighted by Gasteiger charge is -2.22. The number of pyridine rings is 1. The second kappa shape index (κ2) is 6.11. The van der Waals surface area contributed by atoms with Gasteiger partial charge in [0.25, 0.3) is 5.91 Å². The van der Waals surface area contributed by atoms with Crippen LogP contribution in [0.15, 0.2) is 29.9 Å². The Hall–Kier alpha value is -1.79. The van der Waals surface area contributed by atoms with Crippen LogP contribution in [-0.2, 0) is 0 Å². The number of thiazole rings is 1. The first kappa shape index (κ1) is 13.2. The summed E-state index contributed by atoms with van der Waals surface area (Å²) in [5.74, 6) is 0.344. The molecule has 2 aromatic heterocycles. The van der Waals surface area contributed by atoms with Crippen molar-refractivity contribution in [1.29, 1.82) is 0 Å². The van der Waals surface area contributed by atoms with Gasteiger partial charge in [0.2, 0.25) is 0 Å². The van der Waals surface area contributed by atoms with E-state index in [1.165, 1.54) is 11.3 Å². The number of piperidine rings is 1. The molecule has 0 spiro atoms. The molecular formula is C14H16N4OS. The largest absolute Gasteiger partial charge is 0.317 e. The highest BCUT2D eigenvalue weighted by molar-refractivity contribution is 7.13. The topological polar surface area (TPSA) is 66.9 Å². The minimum absolute atomic E-state index is 0.163. The van der Waals surface area contributed by atoms with Crippen LogP contribution in [0.5, 0.6) is 0 Å². The lowest BCUT2D eigenvalue weighted by atomic mass is 9.94. The van der Waals surface area contributed by atoms with E-state index in [-0.39, 0.29) is 5.91 Å². The predicted molar refractivity (Wildman–Crippen MR) is 79.1 cm³/mol. The molecule has 20 heavy (non-hydrogen) atoms. The molecule has 0 radical (unpaired) electrons. The molecule has 0 atom stereocenters. The number of carbonyl (C=O) groups is 1. The fourth-order valence-corrected chi connectivity index (χ4v) is 2.88. The van der Waals surface area contributed by atoms with Crippen LogP contribution in [0.1, 0.15) is 34.8 Å². The summed E-state index contributed by atoms with van der Waals surface area (Å²) in [5.41, 5.74) is 1.65. The molecule has 2 aromatic rings. The third-order valence-corrected chi connectivity index (χ3v) is 4.15. The second-order valence-corrected chi connectivity index (χ2v) is 5.68. The van der Waals surface area contributed by atoms with Crippen molar-refractivity contribution >= 4 is 22.4 Å². The van der Waals surface area contributed by atoms with Gasteiger partial charge in [-0.2, -0.15) is 0 Å². The summed E-state index contributed by atoms with van der Waals surface area (Å²) in [4.78, 5) is 20.5. The zero-order valence-corrected chi connectivity index (χ0v) is 11.8. The summed E-state index contributed by atoms with van der Waals surface area (Å²) in [6.45, 7) is 2.08. The fraction of sp³-hybridized carbons (Fsp3) is 0.357. The van der Waals surface area contributed by atoms with Crippen LogP contribution in [0.2, 0.25) is 0 Å². The number of aromatic nitrogens is 2. The van der Waals surface area contributed by atoms with Gasteiger partial charge in [-0.05, 0) is 38.1 Å². The Labute approximate surface area is 121 Å². The molecule has 2 N–H and O–H groups in total. The average molecular weight is 288 g/mol. The minimum atomic E-state index is -0.163. The van der Waals surface area contributed by atoms with Gasteiger partial charge in [0, 0.05) is 29.4 Å². The lowest BCUT2D eigenvalue weighted by molar-refractivity contribution is 0.102. The summed E-state index contributed by atoms with van der Waals surface area (Å²) in [6, 6.07) is 3.81. The zero-order chi connectivity index (χ0) is 13.8. The first-order valence-corrected chi connectivity index (χ1v) is 7.58. The van der Waals surface area contributed by atoms with E-state index in [2.05, 4.69) is 20.6 Å². The summed E-state index contributed by atoms with van der Waals surface area (Å²) in [6.07, 6.45) is 5.54. The van der Waals surface area contributed by atoms with E-state index in [4.69, 9.17) is 0 Å². The van der Waals surface area contributed by atoms with Crippen LogP contribution in [0.3, 0.4) is 0 Å². The van der Waals surface area contributed by atoms with Gasteiger partial charge >= 0.3 is 0 Å². The maximum absolute atomic E-state index is 12.0. The van der Waals surface area contributed by atoms with Crippen LogP contribution in [-0.4, -0.2) is 29.0 Å². The van der Waals surface area contributed by atoms with E-state index in [0.717, 1.165) is 31.6 Å². The van der Waals surface area contributed by atoms with Gasteiger partial charge in [-0.15, -0.1) is 11.3 Å². The van der Waals surface area contributed by atoms with Gasteiger partial charge in [-0.25, -0.2) is 4.98 Å². The number of hydrogen-bond donors (Lipinski definition) is 2. The van der Waals surface area contributed by atoms with Crippen molar-refractivity contribution in [3.8, 4) is 0 Å². The Morgan fingerprint density at radius 3 is 2.80 bits per heavy atom. The molecule has 1 amide bonds. The van der Waals surface area contributed by atoms with Gasteiger partial charge in [-0.1, -0.05) is 0 Å². The molecule has 1 saturated heterocycles. The SMILES string of the molecule is O=C(Nc1nccs1)c1ccc(C2CCNCC2)nc1. The lowest BCUT2D eigenvalue weighted by Crippen LogP contribution is -2.27. The predicted octanol–water partition coefficient (Wildman–Crippen LogP) is 2.26. The number of nitrogens with zero attached hydrogens (tertiary/aromatic N) is 2. The normalized spacial score (nSPS) is 16.0. The maximum Gasteiger partial charge on any atom is 0.259 e. The average Bonchev–Trinajstić information content (AvgIpc) is 3.01. The third-order valence-electron chi connectivity index (χ3n) is 3.46. The molecule has 3 rings (SSSR count). The molecule has 0 unspecified atom stereocenters. The van der Waals surface area contributed by atoms with Crippen molar-refractivity contribution in [2.45, 2.75) is 18.8 Å². The van der Waals surface area contributed by atoms with Crippen molar-refractivity contribution in [3.63, 3.8) is 0 Å². The number of rotatable bonds is 3. The molecule has 0 saturated carbocycles. The fourth-order valence-electron chi connectivity index (χ4n) is 2.35. The van der Waals surface area contributed by atoms with Crippen molar-refractivity contribution < 1.29 is 4.79 Å². The molecule has 0 bridgehead atoms. The number of carbonyl (C=O) groups excluding carboxylic acids is 1. The smallest absolute Gasteiger partial charge is 0.259 e. The van der Waals surface area contributed by atoms with Gasteiger partial charge in [-0.3, -0.25) is 15.1 Å². The molecule has 104 valence electrons. The van der Waals surface area contributed by atoms with Gasteiger partial charge in [0.05, 0.1) is 5.56 Å². The van der Waals surface area contributed by atoms with Crippen LogP contribution in [0, 0.1) is 0 Å². The second-order valence-electron chi connectivity index (χ2n) is 4.79. The number of anilines is 1. The third kappa shape index (κ3) is 3.02. The van der Waals surface area contributed by atoms with Gasteiger partial charge in [0.15, 0.2) is 5.13 Å². The molecule has 0 aliphatic carbocycles. The zero-order valence-electron chi connectivity index (χ0n) is 11.0. The maximum atomic E-state index is 12.0. The summed E-state index contributed by atoms with van der Waals surface area (Å²) < 4.78 is 0.